The number of fused-ring (bicyclic) bond motifs is 1. The van der Waals surface area contributed by atoms with E-state index in [9.17, 15) is 0 Å². The Bertz CT molecular complexity index is 906. The van der Waals surface area contributed by atoms with Gasteiger partial charge in [0, 0.05) is 5.69 Å². The molecule has 1 heterocycles. The second-order valence-electron chi connectivity index (χ2n) is 5.85. The zero-order valence-electron chi connectivity index (χ0n) is 12.7. The third kappa shape index (κ3) is 2.17. The molecule has 1 fully saturated rings. The van der Waals surface area contributed by atoms with Crippen molar-refractivity contribution in [3.63, 3.8) is 0 Å². The van der Waals surface area contributed by atoms with Crippen LogP contribution < -0.4 is 0 Å². The molecule has 1 aliphatic rings. The van der Waals surface area contributed by atoms with E-state index in [0.29, 0.717) is 0 Å². The van der Waals surface area contributed by atoms with Gasteiger partial charge in [0.1, 0.15) is 6.33 Å². The lowest BCUT2D eigenvalue weighted by Gasteiger charge is -2.06. The van der Waals surface area contributed by atoms with Crippen molar-refractivity contribution < 1.29 is 0 Å². The highest BCUT2D eigenvalue weighted by Gasteiger charge is 2.16. The summed E-state index contributed by atoms with van der Waals surface area (Å²) in [5, 5.41) is 0. The monoisotopic (exact) mass is 286 g/mol. The predicted octanol–water partition coefficient (Wildman–Crippen LogP) is 5.24. The Labute approximate surface area is 130 Å². The molecule has 3 aromatic rings. The van der Waals surface area contributed by atoms with Crippen LogP contribution in [0.3, 0.4) is 0 Å². The number of benzene rings is 2. The van der Waals surface area contributed by atoms with Crippen LogP contribution in [0.2, 0.25) is 0 Å². The minimum Gasteiger partial charge on any atom is -0.299 e. The lowest BCUT2D eigenvalue weighted by atomic mass is 10.1. The van der Waals surface area contributed by atoms with E-state index in [2.05, 4.69) is 59.5 Å². The molecule has 0 aliphatic heterocycles. The molecule has 0 unspecified atom stereocenters. The van der Waals surface area contributed by atoms with E-state index in [4.69, 9.17) is 0 Å². The van der Waals surface area contributed by atoms with Gasteiger partial charge in [0.05, 0.1) is 11.0 Å². The molecule has 0 saturated heterocycles. The zero-order valence-corrected chi connectivity index (χ0v) is 12.7. The topological polar surface area (TPSA) is 17.8 Å². The van der Waals surface area contributed by atoms with E-state index in [1.54, 1.807) is 5.57 Å². The van der Waals surface area contributed by atoms with Crippen molar-refractivity contribution in [3.05, 3.63) is 72.1 Å². The first-order valence-corrected chi connectivity index (χ1v) is 7.65. The normalized spacial score (nSPS) is 13.4. The van der Waals surface area contributed by atoms with Crippen molar-refractivity contribution in [2.45, 2.75) is 19.8 Å². The lowest BCUT2D eigenvalue weighted by molar-refractivity contribution is 1.09. The van der Waals surface area contributed by atoms with Crippen LogP contribution in [-0.2, 0) is 0 Å². The summed E-state index contributed by atoms with van der Waals surface area (Å²) >= 11 is 0. The molecular weight excluding hydrogens is 268 g/mol. The fourth-order valence-corrected chi connectivity index (χ4v) is 2.89. The van der Waals surface area contributed by atoms with Gasteiger partial charge >= 0.3 is 0 Å². The molecule has 2 nitrogen and oxygen atoms in total. The molecule has 0 spiro atoms. The fraction of sp³-hybridized carbons (Fsp3) is 0.150. The Balaban J connectivity index is 1.83. The summed E-state index contributed by atoms with van der Waals surface area (Å²) in [5.74, 6) is 0. The standard InChI is InChI=1S/C20H18N2/c1-3-15-5-4-6-18(11-15)22-13-21-19-12-17(9-10-20(19)22)14(2)16-7-8-16/h3-6,9-13H,1,7-8H2,2H3. The zero-order chi connectivity index (χ0) is 15.1. The number of nitrogens with zero attached hydrogens (tertiary/aromatic N) is 2. The Kier molecular flexibility index (Phi) is 2.97. The van der Waals surface area contributed by atoms with Crippen LogP contribution in [-0.4, -0.2) is 9.55 Å². The van der Waals surface area contributed by atoms with Gasteiger partial charge in [0.25, 0.3) is 0 Å². The molecule has 1 aromatic heterocycles. The molecule has 22 heavy (non-hydrogen) atoms. The van der Waals surface area contributed by atoms with Gasteiger partial charge in [-0.2, -0.15) is 0 Å². The summed E-state index contributed by atoms with van der Waals surface area (Å²) in [4.78, 5) is 4.59. The van der Waals surface area contributed by atoms with Gasteiger partial charge in [-0.15, -0.1) is 0 Å². The molecule has 1 saturated carbocycles. The van der Waals surface area contributed by atoms with E-state index < -0.39 is 0 Å². The third-order valence-corrected chi connectivity index (χ3v) is 4.39. The summed E-state index contributed by atoms with van der Waals surface area (Å²) in [5.41, 5.74) is 8.71. The molecule has 0 amide bonds. The van der Waals surface area contributed by atoms with Crippen LogP contribution in [0.4, 0.5) is 0 Å². The first-order chi connectivity index (χ1) is 10.8. The van der Waals surface area contributed by atoms with E-state index in [1.165, 1.54) is 24.0 Å². The van der Waals surface area contributed by atoms with Gasteiger partial charge in [0.2, 0.25) is 0 Å². The highest BCUT2D eigenvalue weighted by molar-refractivity contribution is 5.83. The van der Waals surface area contributed by atoms with Crippen LogP contribution >= 0.6 is 0 Å². The molecule has 0 radical (unpaired) electrons. The fourth-order valence-electron chi connectivity index (χ4n) is 2.89. The van der Waals surface area contributed by atoms with Gasteiger partial charge < -0.3 is 0 Å². The summed E-state index contributed by atoms with van der Waals surface area (Å²) < 4.78 is 2.13. The van der Waals surface area contributed by atoms with Crippen molar-refractivity contribution in [1.82, 2.24) is 9.55 Å². The van der Waals surface area contributed by atoms with Crippen molar-refractivity contribution in [2.24, 2.45) is 0 Å². The maximum atomic E-state index is 4.59. The van der Waals surface area contributed by atoms with Crippen molar-refractivity contribution in [1.29, 1.82) is 0 Å². The molecule has 1 aliphatic carbocycles. The second-order valence-corrected chi connectivity index (χ2v) is 5.85. The molecule has 108 valence electrons. The number of hydrogen-bond donors (Lipinski definition) is 0. The average Bonchev–Trinajstić information content (AvgIpc) is 3.33. The van der Waals surface area contributed by atoms with Crippen LogP contribution in [0.5, 0.6) is 0 Å². The third-order valence-electron chi connectivity index (χ3n) is 4.39. The van der Waals surface area contributed by atoms with E-state index in [-0.39, 0.29) is 0 Å². The Hall–Kier alpha value is -2.61. The minimum atomic E-state index is 1.04. The second kappa shape index (κ2) is 4.99. The van der Waals surface area contributed by atoms with Gasteiger partial charge in [0.15, 0.2) is 0 Å². The lowest BCUT2D eigenvalue weighted by Crippen LogP contribution is -1.92. The maximum absolute atomic E-state index is 4.59. The molecular formula is C20H18N2. The number of hydrogen-bond acceptors (Lipinski definition) is 1. The van der Waals surface area contributed by atoms with Crippen molar-refractivity contribution >= 4 is 22.7 Å². The molecule has 0 bridgehead atoms. The summed E-state index contributed by atoms with van der Waals surface area (Å²) in [6.45, 7) is 6.06. The highest BCUT2D eigenvalue weighted by atomic mass is 15.0. The largest absolute Gasteiger partial charge is 0.299 e. The smallest absolute Gasteiger partial charge is 0.100 e. The highest BCUT2D eigenvalue weighted by Crippen LogP contribution is 2.36. The Morgan fingerprint density at radius 1 is 1.18 bits per heavy atom. The Morgan fingerprint density at radius 2 is 2.05 bits per heavy atom. The summed E-state index contributed by atoms with van der Waals surface area (Å²) in [7, 11) is 0. The van der Waals surface area contributed by atoms with E-state index in [0.717, 1.165) is 22.3 Å². The van der Waals surface area contributed by atoms with Crippen LogP contribution in [0.25, 0.3) is 28.4 Å². The van der Waals surface area contributed by atoms with Crippen molar-refractivity contribution in [2.75, 3.05) is 0 Å². The molecule has 4 rings (SSSR count). The van der Waals surface area contributed by atoms with Crippen LogP contribution in [0.15, 0.2) is 60.9 Å². The number of allylic oxidation sites excluding steroid dienone is 2. The van der Waals surface area contributed by atoms with Crippen LogP contribution in [0, 0.1) is 0 Å². The molecule has 2 heteroatoms. The molecule has 2 aromatic carbocycles. The van der Waals surface area contributed by atoms with E-state index >= 15 is 0 Å². The predicted molar refractivity (Wildman–Crippen MR) is 93.0 cm³/mol. The minimum absolute atomic E-state index is 1.04. The molecule has 0 atom stereocenters. The van der Waals surface area contributed by atoms with Gasteiger partial charge in [-0.05, 0) is 60.7 Å². The first kappa shape index (κ1) is 13.1. The van der Waals surface area contributed by atoms with Gasteiger partial charge in [-0.3, -0.25) is 4.57 Å². The number of aromatic nitrogens is 2. The van der Waals surface area contributed by atoms with Crippen LogP contribution in [0.1, 0.15) is 30.9 Å². The summed E-state index contributed by atoms with van der Waals surface area (Å²) in [6.07, 6.45) is 6.28. The van der Waals surface area contributed by atoms with Crippen molar-refractivity contribution in [3.8, 4) is 5.69 Å². The number of imidazole rings is 1. The Morgan fingerprint density at radius 3 is 2.82 bits per heavy atom. The molecule has 0 N–H and O–H groups in total. The average molecular weight is 286 g/mol. The quantitative estimate of drug-likeness (QED) is 0.644. The SMILES string of the molecule is C=Cc1cccc(-n2cnc3cc(C(C)=C4CC4)ccc32)c1. The summed E-state index contributed by atoms with van der Waals surface area (Å²) in [6, 6.07) is 14.9. The first-order valence-electron chi connectivity index (χ1n) is 7.65. The number of rotatable bonds is 3. The maximum Gasteiger partial charge on any atom is 0.100 e. The van der Waals surface area contributed by atoms with Gasteiger partial charge in [-0.1, -0.05) is 36.4 Å². The van der Waals surface area contributed by atoms with Gasteiger partial charge in [-0.25, -0.2) is 4.98 Å². The van der Waals surface area contributed by atoms with E-state index in [1.807, 2.05) is 18.5 Å².